The molecule has 2 heterocycles. The SMILES string of the molecule is CCn1c(=O)c2ccccc2n(CC(=O)N2CCCCC[C@H]2c2ccc(OC)cc2)c1=O. The number of amides is 1. The fourth-order valence-corrected chi connectivity index (χ4v) is 4.61. The monoisotopic (exact) mass is 435 g/mol. The third kappa shape index (κ3) is 4.07. The van der Waals surface area contributed by atoms with Crippen molar-refractivity contribution in [1.82, 2.24) is 14.0 Å². The van der Waals surface area contributed by atoms with Gasteiger partial charge < -0.3 is 9.64 Å². The fourth-order valence-electron chi connectivity index (χ4n) is 4.61. The third-order valence-electron chi connectivity index (χ3n) is 6.32. The molecule has 1 aromatic heterocycles. The van der Waals surface area contributed by atoms with Crippen molar-refractivity contribution < 1.29 is 9.53 Å². The van der Waals surface area contributed by atoms with Gasteiger partial charge in [-0.05, 0) is 49.6 Å². The van der Waals surface area contributed by atoms with Crippen LogP contribution in [0.25, 0.3) is 10.9 Å². The Hall–Kier alpha value is -3.35. The van der Waals surface area contributed by atoms with Gasteiger partial charge in [0.2, 0.25) is 5.91 Å². The zero-order valence-corrected chi connectivity index (χ0v) is 18.6. The second-order valence-corrected chi connectivity index (χ2v) is 8.16. The highest BCUT2D eigenvalue weighted by Gasteiger charge is 2.28. The molecule has 0 bridgehead atoms. The van der Waals surface area contributed by atoms with Crippen LogP contribution < -0.4 is 16.0 Å². The van der Waals surface area contributed by atoms with Crippen molar-refractivity contribution in [2.24, 2.45) is 0 Å². The molecule has 7 heteroatoms. The van der Waals surface area contributed by atoms with Crippen molar-refractivity contribution in [2.45, 2.75) is 51.7 Å². The Labute approximate surface area is 186 Å². The standard InChI is InChI=1S/C25H29N3O4/c1-3-26-24(30)20-9-6-7-11-22(20)28(25(26)31)17-23(29)27-16-8-4-5-10-21(27)18-12-14-19(32-2)15-13-18/h6-7,9,11-15,21H,3-5,8,10,16-17H2,1-2H3/t21-/m0/s1. The summed E-state index contributed by atoms with van der Waals surface area (Å²) in [6.45, 7) is 2.58. The molecule has 1 atom stereocenters. The first-order valence-corrected chi connectivity index (χ1v) is 11.2. The molecule has 7 nitrogen and oxygen atoms in total. The largest absolute Gasteiger partial charge is 0.497 e. The molecular weight excluding hydrogens is 406 g/mol. The number of carbonyl (C=O) groups excluding carboxylic acids is 1. The lowest BCUT2D eigenvalue weighted by Crippen LogP contribution is -2.44. The van der Waals surface area contributed by atoms with Crippen LogP contribution in [0.3, 0.4) is 0 Å². The lowest BCUT2D eigenvalue weighted by atomic mass is 10.0. The number of hydrogen-bond acceptors (Lipinski definition) is 4. The van der Waals surface area contributed by atoms with Crippen molar-refractivity contribution in [1.29, 1.82) is 0 Å². The van der Waals surface area contributed by atoms with Crippen molar-refractivity contribution in [3.8, 4) is 5.75 Å². The Morgan fingerprint density at radius 1 is 1.00 bits per heavy atom. The second-order valence-electron chi connectivity index (χ2n) is 8.16. The summed E-state index contributed by atoms with van der Waals surface area (Å²) in [6, 6.07) is 14.8. The van der Waals surface area contributed by atoms with E-state index in [1.807, 2.05) is 29.2 Å². The number of hydrogen-bond donors (Lipinski definition) is 0. The minimum atomic E-state index is -0.444. The van der Waals surface area contributed by atoms with Crippen LogP contribution in [-0.4, -0.2) is 33.6 Å². The number of benzene rings is 2. The second kappa shape index (κ2) is 9.42. The normalized spacial score (nSPS) is 16.7. The topological polar surface area (TPSA) is 73.5 Å². The Morgan fingerprint density at radius 3 is 2.47 bits per heavy atom. The van der Waals surface area contributed by atoms with E-state index in [9.17, 15) is 14.4 Å². The highest BCUT2D eigenvalue weighted by molar-refractivity contribution is 5.82. The van der Waals surface area contributed by atoms with Gasteiger partial charge in [-0.15, -0.1) is 0 Å². The van der Waals surface area contributed by atoms with Gasteiger partial charge in [-0.1, -0.05) is 37.1 Å². The first-order chi connectivity index (χ1) is 15.5. The number of ether oxygens (including phenoxy) is 1. The van der Waals surface area contributed by atoms with Gasteiger partial charge in [0.25, 0.3) is 5.56 Å². The molecule has 0 spiro atoms. The molecule has 1 fully saturated rings. The zero-order valence-electron chi connectivity index (χ0n) is 18.6. The van der Waals surface area contributed by atoms with Gasteiger partial charge in [0.15, 0.2) is 0 Å². The molecule has 0 unspecified atom stereocenters. The Balaban J connectivity index is 1.72. The van der Waals surface area contributed by atoms with Crippen LogP contribution in [0.1, 0.15) is 44.2 Å². The maximum atomic E-state index is 13.6. The Bertz CT molecular complexity index is 1230. The molecule has 1 amide bonds. The Morgan fingerprint density at radius 2 is 1.75 bits per heavy atom. The predicted molar refractivity (Wildman–Crippen MR) is 124 cm³/mol. The van der Waals surface area contributed by atoms with Gasteiger partial charge in [0.05, 0.1) is 24.1 Å². The van der Waals surface area contributed by atoms with Gasteiger partial charge >= 0.3 is 5.69 Å². The summed E-state index contributed by atoms with van der Waals surface area (Å²) in [6.07, 6.45) is 3.93. The average Bonchev–Trinajstić information content (AvgIpc) is 3.08. The summed E-state index contributed by atoms with van der Waals surface area (Å²) in [5, 5.41) is 0.448. The molecule has 0 N–H and O–H groups in total. The first-order valence-electron chi connectivity index (χ1n) is 11.2. The van der Waals surface area contributed by atoms with E-state index in [4.69, 9.17) is 4.74 Å². The summed E-state index contributed by atoms with van der Waals surface area (Å²) in [7, 11) is 1.63. The van der Waals surface area contributed by atoms with Crippen LogP contribution in [0, 0.1) is 0 Å². The zero-order chi connectivity index (χ0) is 22.7. The van der Waals surface area contributed by atoms with Crippen LogP contribution in [-0.2, 0) is 17.9 Å². The van der Waals surface area contributed by atoms with E-state index in [0.29, 0.717) is 17.4 Å². The fraction of sp³-hybridized carbons (Fsp3) is 0.400. The predicted octanol–water partition coefficient (Wildman–Crippen LogP) is 3.34. The number of methoxy groups -OCH3 is 1. The maximum Gasteiger partial charge on any atom is 0.331 e. The molecule has 0 radical (unpaired) electrons. The maximum absolute atomic E-state index is 13.6. The molecule has 0 saturated carbocycles. The molecule has 1 aliphatic rings. The number of para-hydroxylation sites is 1. The van der Waals surface area contributed by atoms with E-state index < -0.39 is 5.69 Å². The van der Waals surface area contributed by atoms with Crippen molar-refractivity contribution >= 4 is 16.8 Å². The van der Waals surface area contributed by atoms with Crippen molar-refractivity contribution in [2.75, 3.05) is 13.7 Å². The summed E-state index contributed by atoms with van der Waals surface area (Å²) < 4.78 is 7.91. The molecule has 3 aromatic rings. The van der Waals surface area contributed by atoms with Gasteiger partial charge in [0, 0.05) is 13.1 Å². The minimum Gasteiger partial charge on any atom is -0.497 e. The van der Waals surface area contributed by atoms with Crippen LogP contribution >= 0.6 is 0 Å². The molecule has 32 heavy (non-hydrogen) atoms. The summed E-state index contributed by atoms with van der Waals surface area (Å²) >= 11 is 0. The lowest BCUT2D eigenvalue weighted by molar-refractivity contribution is -0.134. The number of likely N-dealkylation sites (tertiary alicyclic amines) is 1. The lowest BCUT2D eigenvalue weighted by Gasteiger charge is -2.31. The Kier molecular flexibility index (Phi) is 6.44. The molecule has 4 rings (SSSR count). The summed E-state index contributed by atoms with van der Waals surface area (Å²) in [4.78, 5) is 41.2. The van der Waals surface area contributed by atoms with Crippen molar-refractivity contribution in [3.63, 3.8) is 0 Å². The number of fused-ring (bicyclic) bond motifs is 1. The highest BCUT2D eigenvalue weighted by Crippen LogP contribution is 2.31. The van der Waals surface area contributed by atoms with Crippen molar-refractivity contribution in [3.05, 3.63) is 74.9 Å². The molecule has 2 aromatic carbocycles. The first kappa shape index (κ1) is 21.9. The van der Waals surface area contributed by atoms with Gasteiger partial charge in [-0.2, -0.15) is 0 Å². The average molecular weight is 436 g/mol. The van der Waals surface area contributed by atoms with E-state index in [2.05, 4.69) is 0 Å². The smallest absolute Gasteiger partial charge is 0.331 e. The van der Waals surface area contributed by atoms with Crippen LogP contribution in [0.4, 0.5) is 0 Å². The highest BCUT2D eigenvalue weighted by atomic mass is 16.5. The number of rotatable bonds is 5. The summed E-state index contributed by atoms with van der Waals surface area (Å²) in [5.41, 5.74) is 0.802. The van der Waals surface area contributed by atoms with E-state index in [0.717, 1.165) is 37.0 Å². The van der Waals surface area contributed by atoms with Crippen LogP contribution in [0.15, 0.2) is 58.1 Å². The quantitative estimate of drug-likeness (QED) is 0.616. The van der Waals surface area contributed by atoms with Gasteiger partial charge in [-0.3, -0.25) is 18.7 Å². The van der Waals surface area contributed by atoms with E-state index in [1.54, 1.807) is 38.3 Å². The number of nitrogens with zero attached hydrogens (tertiary/aromatic N) is 3. The molecule has 168 valence electrons. The van der Waals surface area contributed by atoms with Gasteiger partial charge in [-0.25, -0.2) is 4.79 Å². The van der Waals surface area contributed by atoms with Gasteiger partial charge in [0.1, 0.15) is 12.3 Å². The number of carbonyl (C=O) groups is 1. The third-order valence-corrected chi connectivity index (χ3v) is 6.32. The molecular formula is C25H29N3O4. The molecule has 1 aliphatic heterocycles. The van der Waals surface area contributed by atoms with E-state index in [-0.39, 0.29) is 30.6 Å². The van der Waals surface area contributed by atoms with Crippen LogP contribution in [0.2, 0.25) is 0 Å². The summed E-state index contributed by atoms with van der Waals surface area (Å²) in [5.74, 6) is 0.668. The minimum absolute atomic E-state index is 0.0463. The molecule has 1 saturated heterocycles. The van der Waals surface area contributed by atoms with Crippen LogP contribution in [0.5, 0.6) is 5.75 Å². The van der Waals surface area contributed by atoms with E-state index >= 15 is 0 Å². The number of aromatic nitrogens is 2. The van der Waals surface area contributed by atoms with E-state index in [1.165, 1.54) is 9.13 Å². The molecule has 0 aliphatic carbocycles.